The quantitative estimate of drug-likeness (QED) is 0.496. The smallest absolute Gasteiger partial charge is 0.170 e. The van der Waals surface area contributed by atoms with E-state index in [2.05, 4.69) is 24.8 Å². The lowest BCUT2D eigenvalue weighted by Gasteiger charge is -2.16. The second-order valence-electron chi connectivity index (χ2n) is 5.38. The monoisotopic (exact) mass is 358 g/mol. The van der Waals surface area contributed by atoms with Crippen molar-refractivity contribution in [1.82, 2.24) is 4.90 Å². The summed E-state index contributed by atoms with van der Waals surface area (Å²) in [6.45, 7) is 8.92. The van der Waals surface area contributed by atoms with Crippen molar-refractivity contribution in [3.63, 3.8) is 0 Å². The minimum absolute atomic E-state index is 0.0194. The maximum atomic E-state index is 12.1. The van der Waals surface area contributed by atoms with E-state index in [-0.39, 0.29) is 5.78 Å². The first kappa shape index (κ1) is 18.7. The Labute approximate surface area is 152 Å². The average molecular weight is 359 g/mol. The van der Waals surface area contributed by atoms with Crippen LogP contribution < -0.4 is 0 Å². The number of thioether (sulfide) groups is 1. The van der Waals surface area contributed by atoms with Crippen LogP contribution in [0.15, 0.2) is 34.5 Å². The Morgan fingerprint density at radius 1 is 1.25 bits per heavy atom. The van der Waals surface area contributed by atoms with Gasteiger partial charge in [0, 0.05) is 17.9 Å². The number of benzene rings is 1. The molecule has 0 aliphatic rings. The molecule has 24 heavy (non-hydrogen) atoms. The Balaban J connectivity index is 2.33. The highest BCUT2D eigenvalue weighted by atomic mass is 32.2. The van der Waals surface area contributed by atoms with Gasteiger partial charge in [0.15, 0.2) is 5.78 Å². The first-order valence-corrected chi connectivity index (χ1v) is 9.90. The zero-order valence-corrected chi connectivity index (χ0v) is 16.0. The van der Waals surface area contributed by atoms with Crippen molar-refractivity contribution in [1.29, 1.82) is 5.26 Å². The Morgan fingerprint density at radius 3 is 2.46 bits per heavy atom. The minimum atomic E-state index is 0.0194. The third kappa shape index (κ3) is 4.27. The maximum absolute atomic E-state index is 12.1. The normalized spacial score (nSPS) is 10.8. The number of rotatable bonds is 8. The van der Waals surface area contributed by atoms with Gasteiger partial charge in [-0.15, -0.1) is 23.1 Å². The van der Waals surface area contributed by atoms with Crippen LogP contribution in [-0.4, -0.2) is 36.1 Å². The first-order chi connectivity index (χ1) is 11.6. The van der Waals surface area contributed by atoms with E-state index < -0.39 is 0 Å². The van der Waals surface area contributed by atoms with E-state index in [1.165, 1.54) is 11.3 Å². The third-order valence-corrected chi connectivity index (χ3v) is 6.45. The van der Waals surface area contributed by atoms with Crippen molar-refractivity contribution < 1.29 is 4.79 Å². The fraction of sp³-hybridized carbons (Fsp3) is 0.368. The van der Waals surface area contributed by atoms with E-state index in [0.29, 0.717) is 10.4 Å². The molecule has 126 valence electrons. The summed E-state index contributed by atoms with van der Waals surface area (Å²) in [5.74, 6) is 0.938. The molecule has 2 aromatic rings. The van der Waals surface area contributed by atoms with Crippen LogP contribution in [0.25, 0.3) is 11.1 Å². The highest BCUT2D eigenvalue weighted by Gasteiger charge is 2.22. The van der Waals surface area contributed by atoms with E-state index in [1.807, 2.05) is 30.3 Å². The molecule has 0 amide bonds. The van der Waals surface area contributed by atoms with E-state index in [0.717, 1.165) is 40.7 Å². The first-order valence-electron chi connectivity index (χ1n) is 8.10. The number of Topliss-reactive ketones (excluding diaryl/α,β-unsaturated/α-hetero) is 1. The average Bonchev–Trinajstić information content (AvgIpc) is 2.98. The number of hydrogen-bond donors (Lipinski definition) is 0. The summed E-state index contributed by atoms with van der Waals surface area (Å²) >= 11 is 3.13. The van der Waals surface area contributed by atoms with Gasteiger partial charge in [0.2, 0.25) is 0 Å². The number of nitriles is 1. The molecule has 0 spiro atoms. The molecule has 0 saturated heterocycles. The molecular weight excluding hydrogens is 336 g/mol. The van der Waals surface area contributed by atoms with Crippen molar-refractivity contribution in [2.75, 3.05) is 25.4 Å². The van der Waals surface area contributed by atoms with Crippen molar-refractivity contribution in [2.24, 2.45) is 0 Å². The van der Waals surface area contributed by atoms with Gasteiger partial charge in [-0.05, 0) is 25.6 Å². The third-order valence-electron chi connectivity index (χ3n) is 3.91. The molecule has 1 heterocycles. The van der Waals surface area contributed by atoms with E-state index in [1.54, 1.807) is 18.7 Å². The molecule has 0 atom stereocenters. The van der Waals surface area contributed by atoms with Gasteiger partial charge in [0.25, 0.3) is 0 Å². The van der Waals surface area contributed by atoms with Crippen LogP contribution in [0.1, 0.15) is 36.0 Å². The predicted octanol–water partition coefficient (Wildman–Crippen LogP) is 4.92. The van der Waals surface area contributed by atoms with Crippen molar-refractivity contribution in [2.45, 2.75) is 25.0 Å². The molecule has 3 nitrogen and oxygen atoms in total. The molecule has 0 radical (unpaired) electrons. The summed E-state index contributed by atoms with van der Waals surface area (Å²) in [7, 11) is 0. The molecule has 1 aromatic heterocycles. The molecule has 2 rings (SSSR count). The van der Waals surface area contributed by atoms with Crippen LogP contribution in [0.3, 0.4) is 0 Å². The Kier molecular flexibility index (Phi) is 7.04. The largest absolute Gasteiger partial charge is 0.303 e. The highest BCUT2D eigenvalue weighted by molar-refractivity contribution is 8.01. The molecule has 0 saturated carbocycles. The van der Waals surface area contributed by atoms with Crippen LogP contribution in [-0.2, 0) is 0 Å². The lowest BCUT2D eigenvalue weighted by Crippen LogP contribution is -2.25. The zero-order valence-electron chi connectivity index (χ0n) is 14.3. The molecule has 0 unspecified atom stereocenters. The van der Waals surface area contributed by atoms with Gasteiger partial charge in [0.1, 0.15) is 6.07 Å². The van der Waals surface area contributed by atoms with Gasteiger partial charge >= 0.3 is 0 Å². The van der Waals surface area contributed by atoms with Crippen LogP contribution >= 0.6 is 23.1 Å². The van der Waals surface area contributed by atoms with Crippen LogP contribution in [0.2, 0.25) is 0 Å². The zero-order chi connectivity index (χ0) is 17.5. The van der Waals surface area contributed by atoms with Crippen molar-refractivity contribution in [3.05, 3.63) is 40.8 Å². The molecular formula is C19H22N2OS2. The number of thiophene rings is 1. The summed E-state index contributed by atoms with van der Waals surface area (Å²) in [5.41, 5.74) is 2.37. The minimum Gasteiger partial charge on any atom is -0.303 e. The number of carbonyl (C=O) groups is 1. The van der Waals surface area contributed by atoms with Crippen LogP contribution in [0, 0.1) is 11.3 Å². The van der Waals surface area contributed by atoms with Gasteiger partial charge in [-0.25, -0.2) is 0 Å². The fourth-order valence-electron chi connectivity index (χ4n) is 2.55. The molecule has 0 aliphatic heterocycles. The van der Waals surface area contributed by atoms with Gasteiger partial charge in [-0.1, -0.05) is 44.2 Å². The fourth-order valence-corrected chi connectivity index (χ4v) is 5.01. The standard InChI is InChI=1S/C19H22N2OS2/c1-4-21(5-2)11-12-23-19-16(13-20)17(18(24-19)14(3)22)15-9-7-6-8-10-15/h6-10H,4-5,11-12H2,1-3H3. The van der Waals surface area contributed by atoms with Crippen LogP contribution in [0.4, 0.5) is 0 Å². The lowest BCUT2D eigenvalue weighted by atomic mass is 10.0. The number of ketones is 1. The predicted molar refractivity (Wildman–Crippen MR) is 103 cm³/mol. The molecule has 5 heteroatoms. The number of carbonyl (C=O) groups excluding carboxylic acids is 1. The van der Waals surface area contributed by atoms with Gasteiger partial charge in [0.05, 0.1) is 14.6 Å². The summed E-state index contributed by atoms with van der Waals surface area (Å²) in [6.07, 6.45) is 0. The summed E-state index contributed by atoms with van der Waals surface area (Å²) in [6, 6.07) is 12.1. The van der Waals surface area contributed by atoms with Gasteiger partial charge in [-0.2, -0.15) is 5.26 Å². The van der Waals surface area contributed by atoms with Crippen molar-refractivity contribution >= 4 is 28.9 Å². The Morgan fingerprint density at radius 2 is 1.92 bits per heavy atom. The molecule has 0 bridgehead atoms. The number of hydrogen-bond acceptors (Lipinski definition) is 5. The molecule has 0 fully saturated rings. The second kappa shape index (κ2) is 9.03. The maximum Gasteiger partial charge on any atom is 0.170 e. The van der Waals surface area contributed by atoms with Crippen molar-refractivity contribution in [3.8, 4) is 17.2 Å². The SMILES string of the molecule is CCN(CC)CCSc1sc(C(C)=O)c(-c2ccccc2)c1C#N. The van der Waals surface area contributed by atoms with E-state index >= 15 is 0 Å². The lowest BCUT2D eigenvalue weighted by molar-refractivity contribution is 0.102. The number of nitrogens with zero attached hydrogens (tertiary/aromatic N) is 2. The van der Waals surface area contributed by atoms with E-state index in [9.17, 15) is 10.1 Å². The molecule has 0 aliphatic carbocycles. The van der Waals surface area contributed by atoms with Crippen LogP contribution in [0.5, 0.6) is 0 Å². The topological polar surface area (TPSA) is 44.1 Å². The van der Waals surface area contributed by atoms with Gasteiger partial charge < -0.3 is 4.90 Å². The van der Waals surface area contributed by atoms with Gasteiger partial charge in [-0.3, -0.25) is 4.79 Å². The highest BCUT2D eigenvalue weighted by Crippen LogP contribution is 2.41. The summed E-state index contributed by atoms with van der Waals surface area (Å²) in [4.78, 5) is 15.1. The van der Waals surface area contributed by atoms with E-state index in [4.69, 9.17) is 0 Å². The summed E-state index contributed by atoms with van der Waals surface area (Å²) in [5, 5.41) is 9.68. The Bertz CT molecular complexity index is 728. The second-order valence-corrected chi connectivity index (χ2v) is 7.76. The summed E-state index contributed by atoms with van der Waals surface area (Å²) < 4.78 is 0.953. The Hall–Kier alpha value is -1.61. The molecule has 0 N–H and O–H groups in total. The molecule has 1 aromatic carbocycles.